The molecule has 0 amide bonds. The van der Waals surface area contributed by atoms with Crippen molar-refractivity contribution in [1.29, 1.82) is 0 Å². The second kappa shape index (κ2) is 16.8. The average molecular weight is 584 g/mol. The smallest absolute Gasteiger partial charge is 0.100 e. The summed E-state index contributed by atoms with van der Waals surface area (Å²) in [5, 5.41) is 21.1. The van der Waals surface area contributed by atoms with E-state index in [1.54, 1.807) is 0 Å². The van der Waals surface area contributed by atoms with Crippen molar-refractivity contribution in [2.24, 2.45) is 11.8 Å². The number of rotatable bonds is 8. The van der Waals surface area contributed by atoms with E-state index in [0.717, 1.165) is 24.0 Å². The van der Waals surface area contributed by atoms with Crippen molar-refractivity contribution in [2.75, 3.05) is 0 Å². The predicted octanol–water partition coefficient (Wildman–Crippen LogP) is 4.76. The van der Waals surface area contributed by atoms with Crippen LogP contribution >= 0.6 is 0 Å². The molecule has 2 N–H and O–H groups in total. The molecule has 0 heterocycles. The Morgan fingerprint density at radius 1 is 1.15 bits per heavy atom. The fourth-order valence-electron chi connectivity index (χ4n) is 3.17. The van der Waals surface area contributed by atoms with Gasteiger partial charge in [-0.1, -0.05) is 59.1 Å². The molecule has 1 rings (SSSR count). The summed E-state index contributed by atoms with van der Waals surface area (Å²) in [6.07, 6.45) is 4.69. The zero-order chi connectivity index (χ0) is 17.6. The van der Waals surface area contributed by atoms with E-state index in [-0.39, 0.29) is 104 Å². The van der Waals surface area contributed by atoms with Crippen LogP contribution in [0.5, 0.6) is 0 Å². The summed E-state index contributed by atoms with van der Waals surface area (Å²) in [6.45, 7) is 12.3. The first-order valence-electron chi connectivity index (χ1n) is 8.76. The standard InChI is InChI=1S/C21H33O2.3Y/c1-7-10-14(3)17(6)21(23)20(22)16(5)13-18-12-9-11-15(4)19(18)8-2;;;/h8-9,11-14,17,20-23H,7,10H2,1-6H3;;;/q-1;;;/b16-13+;;;. The van der Waals surface area contributed by atoms with E-state index >= 15 is 0 Å². The first-order chi connectivity index (χ1) is 10.8. The van der Waals surface area contributed by atoms with E-state index < -0.39 is 12.2 Å². The van der Waals surface area contributed by atoms with Gasteiger partial charge in [0.25, 0.3) is 0 Å². The summed E-state index contributed by atoms with van der Waals surface area (Å²) in [7, 11) is 0. The number of aliphatic hydroxyl groups is 2. The molecule has 2 nitrogen and oxygen atoms in total. The van der Waals surface area contributed by atoms with E-state index in [9.17, 15) is 10.2 Å². The maximum Gasteiger partial charge on any atom is 0.100 e. The quantitative estimate of drug-likeness (QED) is 0.434. The normalized spacial score (nSPS) is 15.5. The van der Waals surface area contributed by atoms with Gasteiger partial charge in [-0.25, -0.2) is 0 Å². The Balaban J connectivity index is -0.00000176. The molecule has 139 valence electrons. The predicted molar refractivity (Wildman–Crippen MR) is 99.2 cm³/mol. The second-order valence-corrected chi connectivity index (χ2v) is 6.82. The molecule has 0 aliphatic heterocycles. The summed E-state index contributed by atoms with van der Waals surface area (Å²) in [5.41, 5.74) is 4.29. The Kier molecular flexibility index (Phi) is 21.2. The van der Waals surface area contributed by atoms with Crippen molar-refractivity contribution in [1.82, 2.24) is 0 Å². The minimum atomic E-state index is -0.825. The maximum atomic E-state index is 10.5. The van der Waals surface area contributed by atoms with Crippen molar-refractivity contribution in [2.45, 2.75) is 66.6 Å². The van der Waals surface area contributed by atoms with E-state index in [1.165, 1.54) is 11.1 Å². The van der Waals surface area contributed by atoms with Crippen molar-refractivity contribution in [3.63, 3.8) is 0 Å². The van der Waals surface area contributed by atoms with Gasteiger partial charge in [-0.2, -0.15) is 17.5 Å². The van der Waals surface area contributed by atoms with Crippen LogP contribution in [0, 0.1) is 25.2 Å². The Labute approximate surface area is 236 Å². The topological polar surface area (TPSA) is 40.5 Å². The fraction of sp³-hybridized carbons (Fsp3) is 0.571. The molecule has 1 aromatic carbocycles. The largest absolute Gasteiger partial charge is 0.390 e. The molecule has 0 saturated heterocycles. The molecule has 4 unspecified atom stereocenters. The molecule has 0 fully saturated rings. The summed E-state index contributed by atoms with van der Waals surface area (Å²) < 4.78 is 0. The third-order valence-electron chi connectivity index (χ3n) is 5.00. The van der Waals surface area contributed by atoms with E-state index in [4.69, 9.17) is 0 Å². The van der Waals surface area contributed by atoms with Crippen LogP contribution in [0.2, 0.25) is 0 Å². The van der Waals surface area contributed by atoms with Gasteiger partial charge in [0.15, 0.2) is 0 Å². The van der Waals surface area contributed by atoms with Gasteiger partial charge in [-0.3, -0.25) is 0 Å². The second-order valence-electron chi connectivity index (χ2n) is 6.82. The van der Waals surface area contributed by atoms with Crippen molar-refractivity contribution in [3.05, 3.63) is 46.9 Å². The third-order valence-corrected chi connectivity index (χ3v) is 5.00. The summed E-state index contributed by atoms with van der Waals surface area (Å²) >= 11 is 0. The van der Waals surface area contributed by atoms with Crippen LogP contribution in [0.15, 0.2) is 23.8 Å². The molecule has 3 radical (unpaired) electrons. The average Bonchev–Trinajstić information content (AvgIpc) is 2.53. The molecule has 4 atom stereocenters. The first-order valence-corrected chi connectivity index (χ1v) is 8.76. The zero-order valence-electron chi connectivity index (χ0n) is 17.2. The van der Waals surface area contributed by atoms with Crippen LogP contribution in [0.4, 0.5) is 0 Å². The fourth-order valence-corrected chi connectivity index (χ4v) is 3.17. The van der Waals surface area contributed by atoms with Gasteiger partial charge in [-0.05, 0) is 18.8 Å². The molecule has 0 aliphatic rings. The minimum Gasteiger partial charge on any atom is -0.390 e. The van der Waals surface area contributed by atoms with Crippen LogP contribution < -0.4 is 0 Å². The Morgan fingerprint density at radius 2 is 1.73 bits per heavy atom. The van der Waals surface area contributed by atoms with Gasteiger partial charge in [-0.15, -0.1) is 23.8 Å². The Bertz CT molecular complexity index is 532. The summed E-state index contributed by atoms with van der Waals surface area (Å²) in [5.74, 6) is 0.471. The van der Waals surface area contributed by atoms with Gasteiger partial charge in [0.05, 0.1) is 6.10 Å². The summed E-state index contributed by atoms with van der Waals surface area (Å²) in [4.78, 5) is 0. The van der Waals surface area contributed by atoms with Gasteiger partial charge in [0.2, 0.25) is 0 Å². The molecular weight excluding hydrogens is 551 g/mol. The SMILES string of the molecule is C[CH-]c1c(C)cccc1/C=C(\C)C(O)C(O)C(C)C(C)CCC.[Y].[Y].[Y]. The molecule has 0 bridgehead atoms. The van der Waals surface area contributed by atoms with Crippen molar-refractivity contribution in [3.8, 4) is 0 Å². The van der Waals surface area contributed by atoms with Gasteiger partial charge >= 0.3 is 0 Å². The Morgan fingerprint density at radius 3 is 2.23 bits per heavy atom. The monoisotopic (exact) mass is 584 g/mol. The molecule has 0 saturated carbocycles. The third kappa shape index (κ3) is 9.71. The van der Waals surface area contributed by atoms with Gasteiger partial charge < -0.3 is 10.2 Å². The number of aliphatic hydroxyl groups excluding tert-OH is 2. The maximum absolute atomic E-state index is 10.5. The zero-order valence-corrected chi connectivity index (χ0v) is 25.8. The van der Waals surface area contributed by atoms with Crippen molar-refractivity contribution >= 4 is 6.08 Å². The van der Waals surface area contributed by atoms with Gasteiger partial charge in [0.1, 0.15) is 6.10 Å². The van der Waals surface area contributed by atoms with Crippen LogP contribution in [-0.2, 0) is 98.1 Å². The first kappa shape index (κ1) is 32.7. The van der Waals surface area contributed by atoms with E-state index in [0.29, 0.717) is 5.92 Å². The molecule has 0 spiro atoms. The van der Waals surface area contributed by atoms with Crippen LogP contribution in [0.25, 0.3) is 6.08 Å². The number of hydrogen-bond donors (Lipinski definition) is 2. The number of hydrogen-bond acceptors (Lipinski definition) is 2. The number of aryl methyl sites for hydroxylation is 1. The molecule has 26 heavy (non-hydrogen) atoms. The van der Waals surface area contributed by atoms with Crippen LogP contribution in [0.3, 0.4) is 0 Å². The van der Waals surface area contributed by atoms with Crippen molar-refractivity contribution < 1.29 is 108 Å². The summed E-state index contributed by atoms with van der Waals surface area (Å²) in [6, 6.07) is 6.16. The minimum absolute atomic E-state index is 0. The molecule has 1 aromatic rings. The van der Waals surface area contributed by atoms with E-state index in [2.05, 4.69) is 33.3 Å². The molecule has 5 heteroatoms. The number of benzene rings is 1. The van der Waals surface area contributed by atoms with Crippen LogP contribution in [0.1, 0.15) is 64.2 Å². The molecular formula is C21H33O2Y3-. The Hall–Kier alpha value is 2.06. The van der Waals surface area contributed by atoms with Gasteiger partial charge in [0, 0.05) is 98.1 Å². The van der Waals surface area contributed by atoms with E-state index in [1.807, 2.05) is 39.0 Å². The van der Waals surface area contributed by atoms with Crippen LogP contribution in [-0.4, -0.2) is 22.4 Å². The molecule has 0 aliphatic carbocycles. The molecule has 0 aromatic heterocycles.